The van der Waals surface area contributed by atoms with Gasteiger partial charge in [-0.25, -0.2) is 4.79 Å². The van der Waals surface area contributed by atoms with Crippen molar-refractivity contribution in [1.29, 1.82) is 0 Å². The van der Waals surface area contributed by atoms with Gasteiger partial charge in [0.25, 0.3) is 0 Å². The number of carboxylic acid groups (broad SMARTS) is 1. The number of allylic oxidation sites excluding steroid dienone is 4. The minimum absolute atomic E-state index is 0.170. The highest BCUT2D eigenvalue weighted by Gasteiger charge is 2.13. The van der Waals surface area contributed by atoms with Crippen molar-refractivity contribution in [2.75, 3.05) is 0 Å². The van der Waals surface area contributed by atoms with Gasteiger partial charge in [0.05, 0.1) is 0 Å². The summed E-state index contributed by atoms with van der Waals surface area (Å²) in [7, 11) is 0. The van der Waals surface area contributed by atoms with Gasteiger partial charge in [0, 0.05) is 18.1 Å². The minimum Gasteiger partial charge on any atom is -0.478 e. The Morgan fingerprint density at radius 2 is 2.00 bits per heavy atom. The molecule has 1 aromatic rings. The number of rotatable bonds is 4. The molecule has 0 aliphatic heterocycles. The Morgan fingerprint density at radius 3 is 2.75 bits per heavy atom. The van der Waals surface area contributed by atoms with Crippen molar-refractivity contribution in [2.45, 2.75) is 6.42 Å². The molecule has 1 N–H and O–H groups in total. The lowest BCUT2D eigenvalue weighted by Gasteiger charge is -2.07. The fourth-order valence-corrected chi connectivity index (χ4v) is 1.89. The Hall–Kier alpha value is -2.75. The first-order chi connectivity index (χ1) is 9.54. The quantitative estimate of drug-likeness (QED) is 0.669. The highest BCUT2D eigenvalue weighted by Crippen LogP contribution is 2.15. The van der Waals surface area contributed by atoms with E-state index in [1.54, 1.807) is 18.2 Å². The molecule has 0 aromatic heterocycles. The average Bonchev–Trinajstić information content (AvgIpc) is 2.41. The summed E-state index contributed by atoms with van der Waals surface area (Å²) in [6, 6.07) is 7.17. The molecular formula is C16H12O4. The average molecular weight is 268 g/mol. The molecule has 0 amide bonds. The third-order valence-corrected chi connectivity index (χ3v) is 2.80. The van der Waals surface area contributed by atoms with Gasteiger partial charge in [-0.2, -0.15) is 0 Å². The molecule has 1 aliphatic carbocycles. The number of carbonyl (C=O) groups excluding carboxylic acids is 2. The Balaban J connectivity index is 2.18. The Bertz CT molecular complexity index is 663. The van der Waals surface area contributed by atoms with Crippen LogP contribution in [-0.4, -0.2) is 22.6 Å². The number of carboxylic acids is 1. The smallest absolute Gasteiger partial charge is 0.328 e. The number of hydrogen-bond donors (Lipinski definition) is 1. The molecule has 100 valence electrons. The molecule has 20 heavy (non-hydrogen) atoms. The maximum absolute atomic E-state index is 11.6. The highest BCUT2D eigenvalue weighted by atomic mass is 16.4. The molecule has 0 heterocycles. The number of benzene rings is 1. The van der Waals surface area contributed by atoms with Gasteiger partial charge in [-0.05, 0) is 35.4 Å². The molecule has 0 saturated carbocycles. The van der Waals surface area contributed by atoms with Gasteiger partial charge < -0.3 is 5.11 Å². The summed E-state index contributed by atoms with van der Waals surface area (Å²) in [5.41, 5.74) is 2.02. The molecule has 4 nitrogen and oxygen atoms in total. The van der Waals surface area contributed by atoms with E-state index in [0.29, 0.717) is 12.0 Å². The maximum Gasteiger partial charge on any atom is 0.328 e. The SMILES string of the molecule is O=C1C=CC(=O)C(Cc2cccc(/C=C/C(=O)O)c2)=C1. The van der Waals surface area contributed by atoms with E-state index in [1.165, 1.54) is 24.3 Å². The van der Waals surface area contributed by atoms with Gasteiger partial charge in [0.2, 0.25) is 0 Å². The van der Waals surface area contributed by atoms with Crippen LogP contribution in [0.5, 0.6) is 0 Å². The van der Waals surface area contributed by atoms with Crippen LogP contribution in [0.15, 0.2) is 54.1 Å². The maximum atomic E-state index is 11.6. The van der Waals surface area contributed by atoms with E-state index < -0.39 is 5.97 Å². The predicted molar refractivity (Wildman–Crippen MR) is 74.1 cm³/mol. The lowest BCUT2D eigenvalue weighted by molar-refractivity contribution is -0.131. The second kappa shape index (κ2) is 5.93. The van der Waals surface area contributed by atoms with Gasteiger partial charge in [0.1, 0.15) is 0 Å². The van der Waals surface area contributed by atoms with E-state index in [0.717, 1.165) is 17.2 Å². The van der Waals surface area contributed by atoms with Crippen LogP contribution in [0.4, 0.5) is 0 Å². The van der Waals surface area contributed by atoms with E-state index in [9.17, 15) is 14.4 Å². The number of ketones is 2. The van der Waals surface area contributed by atoms with Gasteiger partial charge >= 0.3 is 5.97 Å². The summed E-state index contributed by atoms with van der Waals surface area (Å²) in [4.78, 5) is 33.4. The first-order valence-electron chi connectivity index (χ1n) is 6.01. The summed E-state index contributed by atoms with van der Waals surface area (Å²) < 4.78 is 0. The van der Waals surface area contributed by atoms with Crippen molar-refractivity contribution in [1.82, 2.24) is 0 Å². The molecule has 0 unspecified atom stereocenters. The number of aliphatic carboxylic acids is 1. The lowest BCUT2D eigenvalue weighted by Crippen LogP contribution is -2.09. The summed E-state index contributed by atoms with van der Waals surface area (Å²) in [5.74, 6) is -1.38. The van der Waals surface area contributed by atoms with Crippen LogP contribution in [0, 0.1) is 0 Å². The van der Waals surface area contributed by atoms with Crippen LogP contribution < -0.4 is 0 Å². The topological polar surface area (TPSA) is 71.4 Å². The summed E-state index contributed by atoms with van der Waals surface area (Å²) in [5, 5.41) is 8.58. The van der Waals surface area contributed by atoms with Crippen molar-refractivity contribution in [3.8, 4) is 0 Å². The first-order valence-corrected chi connectivity index (χ1v) is 6.01. The third kappa shape index (κ3) is 3.62. The molecule has 0 saturated heterocycles. The van der Waals surface area contributed by atoms with Gasteiger partial charge in [-0.15, -0.1) is 0 Å². The zero-order valence-electron chi connectivity index (χ0n) is 10.6. The Labute approximate surface area is 115 Å². The van der Waals surface area contributed by atoms with Crippen molar-refractivity contribution < 1.29 is 19.5 Å². The Kier molecular flexibility index (Phi) is 4.05. The minimum atomic E-state index is -1.02. The van der Waals surface area contributed by atoms with Crippen LogP contribution in [0.2, 0.25) is 0 Å². The molecule has 2 rings (SSSR count). The van der Waals surface area contributed by atoms with Gasteiger partial charge in [-0.1, -0.05) is 24.3 Å². The lowest BCUT2D eigenvalue weighted by atomic mass is 9.96. The first kappa shape index (κ1) is 13.7. The number of hydrogen-bond acceptors (Lipinski definition) is 3. The van der Waals surface area contributed by atoms with E-state index in [1.807, 2.05) is 6.07 Å². The fourth-order valence-electron chi connectivity index (χ4n) is 1.89. The summed E-state index contributed by atoms with van der Waals surface area (Å²) in [6.07, 6.45) is 6.74. The van der Waals surface area contributed by atoms with Crippen LogP contribution >= 0.6 is 0 Å². The van der Waals surface area contributed by atoms with E-state index >= 15 is 0 Å². The normalized spacial score (nSPS) is 14.7. The summed E-state index contributed by atoms with van der Waals surface area (Å²) in [6.45, 7) is 0. The molecule has 4 heteroatoms. The van der Waals surface area contributed by atoms with E-state index in [-0.39, 0.29) is 11.6 Å². The zero-order valence-corrected chi connectivity index (χ0v) is 10.6. The second-order valence-electron chi connectivity index (χ2n) is 4.36. The van der Waals surface area contributed by atoms with Crippen molar-refractivity contribution in [2.24, 2.45) is 0 Å². The zero-order chi connectivity index (χ0) is 14.5. The molecular weight excluding hydrogens is 256 g/mol. The molecule has 0 atom stereocenters. The van der Waals surface area contributed by atoms with E-state index in [4.69, 9.17) is 5.11 Å². The highest BCUT2D eigenvalue weighted by molar-refractivity contribution is 6.17. The van der Waals surface area contributed by atoms with Crippen LogP contribution in [0.25, 0.3) is 6.08 Å². The molecule has 0 bridgehead atoms. The van der Waals surface area contributed by atoms with Crippen molar-refractivity contribution in [3.63, 3.8) is 0 Å². The van der Waals surface area contributed by atoms with Crippen molar-refractivity contribution in [3.05, 3.63) is 65.3 Å². The summed E-state index contributed by atoms with van der Waals surface area (Å²) >= 11 is 0. The predicted octanol–water partition coefficient (Wildman–Crippen LogP) is 1.96. The molecule has 0 fully saturated rings. The van der Waals surface area contributed by atoms with Crippen molar-refractivity contribution >= 4 is 23.6 Å². The number of carbonyl (C=O) groups is 3. The fraction of sp³-hybridized carbons (Fsp3) is 0.0625. The van der Waals surface area contributed by atoms with Crippen LogP contribution in [0.3, 0.4) is 0 Å². The van der Waals surface area contributed by atoms with Gasteiger partial charge in [-0.3, -0.25) is 9.59 Å². The monoisotopic (exact) mass is 268 g/mol. The molecule has 1 aliphatic rings. The van der Waals surface area contributed by atoms with Gasteiger partial charge in [0.15, 0.2) is 11.6 Å². The third-order valence-electron chi connectivity index (χ3n) is 2.80. The van der Waals surface area contributed by atoms with Crippen LogP contribution in [-0.2, 0) is 20.8 Å². The largest absolute Gasteiger partial charge is 0.478 e. The molecule has 0 spiro atoms. The van der Waals surface area contributed by atoms with E-state index in [2.05, 4.69) is 0 Å². The van der Waals surface area contributed by atoms with Crippen LogP contribution in [0.1, 0.15) is 11.1 Å². The second-order valence-corrected chi connectivity index (χ2v) is 4.36. The standard InChI is InChI=1S/C16H12O4/c17-14-5-6-15(18)13(10-14)9-12-3-1-2-11(8-12)4-7-16(19)20/h1-8,10H,9H2,(H,19,20)/b7-4+. The Morgan fingerprint density at radius 1 is 1.20 bits per heavy atom. The molecule has 0 radical (unpaired) electrons. The molecule has 1 aromatic carbocycles.